The molecule has 0 spiro atoms. The Balaban J connectivity index is 1.92. The van der Waals surface area contributed by atoms with Crippen LogP contribution in [0.1, 0.15) is 73.0 Å². The van der Waals surface area contributed by atoms with E-state index in [1.54, 1.807) is 37.3 Å². The predicted molar refractivity (Wildman–Crippen MR) is 182 cm³/mol. The fourth-order valence-corrected chi connectivity index (χ4v) is 10.7. The second kappa shape index (κ2) is 12.7. The highest BCUT2D eigenvalue weighted by atomic mass is 32.2. The van der Waals surface area contributed by atoms with E-state index in [2.05, 4.69) is 19.6 Å². The molecule has 4 aliphatic rings. The molecule has 2 saturated carbocycles. The number of ketones is 1. The van der Waals surface area contributed by atoms with E-state index in [-0.39, 0.29) is 25.0 Å². The fraction of sp³-hybridized carbons (Fsp3) is 0.667. The van der Waals surface area contributed by atoms with Gasteiger partial charge in [-0.3, -0.25) is 14.4 Å². The van der Waals surface area contributed by atoms with Gasteiger partial charge in [-0.05, 0) is 74.2 Å². The molecule has 10 nitrogen and oxygen atoms in total. The van der Waals surface area contributed by atoms with E-state index >= 15 is 4.79 Å². The Morgan fingerprint density at radius 3 is 2.25 bits per heavy atom. The summed E-state index contributed by atoms with van der Waals surface area (Å²) in [7, 11) is -2.29. The molecule has 9 atom stereocenters. The number of hydrogen-bond acceptors (Lipinski definition) is 11. The molecule has 1 aromatic rings. The number of carbonyl (C=O) groups excluding carboxylic acids is 4. The molecule has 1 heterocycles. The Morgan fingerprint density at radius 1 is 1.04 bits per heavy atom. The largest absolute Gasteiger partial charge is 0.455 e. The van der Waals surface area contributed by atoms with Crippen molar-refractivity contribution in [1.82, 2.24) is 0 Å². The zero-order chi connectivity index (χ0) is 36.3. The topological polar surface area (TPSA) is 124 Å². The first-order valence-corrected chi connectivity index (χ1v) is 20.9. The third-order valence-corrected chi connectivity index (χ3v) is 12.7. The van der Waals surface area contributed by atoms with Gasteiger partial charge in [-0.2, -0.15) is 0 Å². The van der Waals surface area contributed by atoms with Crippen LogP contribution in [0, 0.1) is 22.7 Å². The molecular weight excluding hydrogens is 653 g/mol. The summed E-state index contributed by atoms with van der Waals surface area (Å²) in [6, 6.07) is 8.57. The van der Waals surface area contributed by atoms with E-state index in [0.717, 1.165) is 17.6 Å². The van der Waals surface area contributed by atoms with Gasteiger partial charge in [0.2, 0.25) is 0 Å². The standard InChI is InChI=1S/C36H50O10SSi/c1-20-17-26-35(19-41-26,44-23(4)38)29-31(43-32(40)24-15-13-12-14-16-24)36(46-47-8)18-25(45-48(9,10)11)21(2)27(33(36,5)6)28(42-22(3)37)30(39)34(20,29)7/h12-16,20,25-26,28-29,31H,17-19H2,1-11H3/t20-,25-,26+,28+,29?,31-,34+,35-,36+/m0/s1/i8D. The molecule has 264 valence electrons. The average Bonchev–Trinajstić information content (AvgIpc) is 3.00. The van der Waals surface area contributed by atoms with E-state index in [4.69, 9.17) is 28.9 Å². The summed E-state index contributed by atoms with van der Waals surface area (Å²) in [5.41, 5.74) is -3.85. The maximum Gasteiger partial charge on any atom is 0.338 e. The van der Waals surface area contributed by atoms with Gasteiger partial charge in [-0.1, -0.05) is 45.9 Å². The number of Topliss-reactive ketones (excluding diaryl/α,β-unsaturated/α-hetero) is 1. The lowest BCUT2D eigenvalue weighted by Crippen LogP contribution is -2.81. The molecule has 0 N–H and O–H groups in total. The number of ether oxygens (including phenoxy) is 4. The molecule has 48 heavy (non-hydrogen) atoms. The zero-order valence-corrected chi connectivity index (χ0v) is 31.5. The second-order valence-corrected chi connectivity index (χ2v) is 20.4. The van der Waals surface area contributed by atoms with Crippen molar-refractivity contribution >= 4 is 44.1 Å². The molecule has 1 unspecified atom stereocenters. The lowest BCUT2D eigenvalue weighted by atomic mass is 9.43. The van der Waals surface area contributed by atoms with E-state index in [1.165, 1.54) is 13.8 Å². The van der Waals surface area contributed by atoms with Gasteiger partial charge in [0.15, 0.2) is 25.8 Å². The first-order chi connectivity index (χ1) is 22.8. The molecule has 1 aromatic carbocycles. The van der Waals surface area contributed by atoms with Crippen LogP contribution < -0.4 is 0 Å². The van der Waals surface area contributed by atoms with E-state index < -0.39 is 84.5 Å². The van der Waals surface area contributed by atoms with Crippen LogP contribution in [0.4, 0.5) is 0 Å². The molecule has 1 saturated heterocycles. The van der Waals surface area contributed by atoms with Crippen LogP contribution in [0.3, 0.4) is 0 Å². The summed E-state index contributed by atoms with van der Waals surface area (Å²) in [5.74, 6) is -3.63. The maximum absolute atomic E-state index is 15.5. The van der Waals surface area contributed by atoms with Crippen LogP contribution in [-0.4, -0.2) is 80.5 Å². The van der Waals surface area contributed by atoms with E-state index in [1.807, 2.05) is 27.7 Å². The molecule has 5 rings (SSSR count). The fourth-order valence-electron chi connectivity index (χ4n) is 9.01. The van der Waals surface area contributed by atoms with Gasteiger partial charge < -0.3 is 27.6 Å². The first-order valence-electron chi connectivity index (χ1n) is 17.2. The molecule has 0 radical (unpaired) electrons. The Bertz CT molecular complexity index is 1530. The molecule has 0 aromatic heterocycles. The first kappa shape index (κ1) is 35.3. The minimum absolute atomic E-state index is 0.0340. The number of rotatable bonds is 8. The molecule has 1 aliphatic heterocycles. The van der Waals surface area contributed by atoms with Gasteiger partial charge in [0.25, 0.3) is 0 Å². The van der Waals surface area contributed by atoms with E-state index in [0.29, 0.717) is 17.6 Å². The maximum atomic E-state index is 15.5. The van der Waals surface area contributed by atoms with Gasteiger partial charge in [0.05, 0.1) is 24.2 Å². The van der Waals surface area contributed by atoms with Crippen molar-refractivity contribution in [2.45, 2.75) is 117 Å². The SMILES string of the molecule is [2H]CSO[C@]12C[C@H](O[Si](C)(C)C)C(C)=C([C@@H](OC(C)=O)C(=O)[C@@]3(C)C([C@@H]1OC(=O)c1ccccc1)[C@]1(OC(C)=O)CO[C@@H]1C[C@@H]3C)C2(C)C. The third-order valence-electron chi connectivity index (χ3n) is 11.3. The normalized spacial score (nSPS) is 37.5. The summed E-state index contributed by atoms with van der Waals surface area (Å²) in [6.45, 7) is 18.2. The third kappa shape index (κ3) is 5.69. The summed E-state index contributed by atoms with van der Waals surface area (Å²) >= 11 is 0.905. The summed E-state index contributed by atoms with van der Waals surface area (Å²) in [5, 5.41) is 0. The zero-order valence-electron chi connectivity index (χ0n) is 30.7. The highest BCUT2D eigenvalue weighted by molar-refractivity contribution is 7.94. The number of benzene rings is 1. The number of fused-ring (bicyclic) bond motifs is 5. The lowest BCUT2D eigenvalue weighted by molar-refractivity contribution is -0.337. The molecule has 3 aliphatic carbocycles. The molecule has 2 bridgehead atoms. The minimum Gasteiger partial charge on any atom is -0.455 e. The molecule has 12 heteroatoms. The number of esters is 3. The molecular formula is C36H50O10SSi. The summed E-state index contributed by atoms with van der Waals surface area (Å²) in [6.07, 6.45) is -3.41. The smallest absolute Gasteiger partial charge is 0.338 e. The quantitative estimate of drug-likeness (QED) is 0.103. The summed E-state index contributed by atoms with van der Waals surface area (Å²) < 4.78 is 47.0. The van der Waals surface area contributed by atoms with Gasteiger partial charge in [-0.25, -0.2) is 4.79 Å². The van der Waals surface area contributed by atoms with Gasteiger partial charge in [0.1, 0.15) is 17.8 Å². The highest BCUT2D eigenvalue weighted by Gasteiger charge is 2.78. The number of carbonyl (C=O) groups is 4. The van der Waals surface area contributed by atoms with Crippen LogP contribution in [0.15, 0.2) is 41.5 Å². The van der Waals surface area contributed by atoms with Crippen LogP contribution >= 0.6 is 12.0 Å². The van der Waals surface area contributed by atoms with E-state index in [9.17, 15) is 14.4 Å². The van der Waals surface area contributed by atoms with Crippen molar-refractivity contribution in [3.05, 3.63) is 47.0 Å². The van der Waals surface area contributed by atoms with Crippen LogP contribution in [0.5, 0.6) is 0 Å². The lowest BCUT2D eigenvalue weighted by Gasteiger charge is -2.68. The Labute approximate surface area is 290 Å². The van der Waals surface area contributed by atoms with Crippen molar-refractivity contribution in [2.24, 2.45) is 22.7 Å². The van der Waals surface area contributed by atoms with Gasteiger partial charge in [0, 0.05) is 38.7 Å². The van der Waals surface area contributed by atoms with Crippen molar-refractivity contribution in [1.29, 1.82) is 0 Å². The summed E-state index contributed by atoms with van der Waals surface area (Å²) in [4.78, 5) is 55.7. The Morgan fingerprint density at radius 2 is 1.71 bits per heavy atom. The minimum atomic E-state index is -2.29. The second-order valence-electron chi connectivity index (χ2n) is 15.5. The monoisotopic (exact) mass is 703 g/mol. The highest BCUT2D eigenvalue weighted by Crippen LogP contribution is 2.67. The van der Waals surface area contributed by atoms with Gasteiger partial charge in [-0.15, -0.1) is 0 Å². The number of hydrogen-bond donors (Lipinski definition) is 0. The van der Waals surface area contributed by atoms with Crippen LogP contribution in [0.25, 0.3) is 0 Å². The van der Waals surface area contributed by atoms with Crippen molar-refractivity contribution in [3.63, 3.8) is 0 Å². The van der Waals surface area contributed by atoms with Crippen molar-refractivity contribution < 1.29 is 48.1 Å². The van der Waals surface area contributed by atoms with Crippen molar-refractivity contribution in [2.75, 3.05) is 12.8 Å². The van der Waals surface area contributed by atoms with Crippen LogP contribution in [0.2, 0.25) is 19.6 Å². The Kier molecular flexibility index (Phi) is 9.32. The Hall–Kier alpha value is -2.51. The van der Waals surface area contributed by atoms with Crippen LogP contribution in [-0.2, 0) is 41.9 Å². The predicted octanol–water partition coefficient (Wildman–Crippen LogP) is 6.09. The molecule has 3 fully saturated rings. The molecule has 0 amide bonds. The van der Waals surface area contributed by atoms with Crippen molar-refractivity contribution in [3.8, 4) is 0 Å². The average molecular weight is 704 g/mol. The van der Waals surface area contributed by atoms with Gasteiger partial charge >= 0.3 is 17.9 Å².